The first-order valence-corrected chi connectivity index (χ1v) is 20.4. The lowest BCUT2D eigenvalue weighted by Crippen LogP contribution is -1.93. The lowest BCUT2D eigenvalue weighted by molar-refractivity contribution is 0.556. The minimum absolute atomic E-state index is 0.817. The third-order valence-electron chi connectivity index (χ3n) is 9.03. The Morgan fingerprint density at radius 3 is 1.48 bits per heavy atom. The standard InChI is InChI=1S/C38H57N3S3/c1-3-5-7-9-11-13-15-17-19-21-23-30-25-34(42-28-30)32-27-33(39)36(38-37(32)40-44-41-38)35-26-31(29-43-35)24-22-20-18-16-14-12-10-8-6-4-2/h25-29H,3-24,39H2,1-2H3. The smallest absolute Gasteiger partial charge is 0.116 e. The Morgan fingerprint density at radius 2 is 0.955 bits per heavy atom. The number of nitrogens with zero attached hydrogens (tertiary/aromatic N) is 2. The molecule has 0 unspecified atom stereocenters. The zero-order chi connectivity index (χ0) is 30.8. The monoisotopic (exact) mass is 651 g/mol. The van der Waals surface area contributed by atoms with Crippen molar-refractivity contribution in [3.05, 3.63) is 40.1 Å². The quantitative estimate of drug-likeness (QED) is 0.0606. The predicted molar refractivity (Wildman–Crippen MR) is 200 cm³/mol. The van der Waals surface area contributed by atoms with Crippen LogP contribution in [0.4, 0.5) is 5.69 Å². The number of rotatable bonds is 24. The predicted octanol–water partition coefficient (Wildman–Crippen LogP) is 13.7. The van der Waals surface area contributed by atoms with Crippen molar-refractivity contribution in [2.45, 2.75) is 155 Å². The van der Waals surface area contributed by atoms with Gasteiger partial charge in [0.2, 0.25) is 0 Å². The number of hydrogen-bond donors (Lipinski definition) is 1. The van der Waals surface area contributed by atoms with Gasteiger partial charge in [0.25, 0.3) is 0 Å². The van der Waals surface area contributed by atoms with E-state index >= 15 is 0 Å². The highest BCUT2D eigenvalue weighted by molar-refractivity contribution is 7.14. The summed E-state index contributed by atoms with van der Waals surface area (Å²) in [5.41, 5.74) is 14.6. The number of hydrogen-bond acceptors (Lipinski definition) is 6. The molecule has 0 aliphatic heterocycles. The summed E-state index contributed by atoms with van der Waals surface area (Å²) in [6, 6.07) is 6.86. The number of fused-ring (bicyclic) bond motifs is 1. The van der Waals surface area contributed by atoms with E-state index in [0.29, 0.717) is 0 Å². The summed E-state index contributed by atoms with van der Waals surface area (Å²) in [6.45, 7) is 4.58. The minimum atomic E-state index is 0.817. The van der Waals surface area contributed by atoms with E-state index in [2.05, 4.69) is 42.8 Å². The topological polar surface area (TPSA) is 51.8 Å². The summed E-state index contributed by atoms with van der Waals surface area (Å²) in [6.07, 6.45) is 29.9. The van der Waals surface area contributed by atoms with Crippen LogP contribution in [0.2, 0.25) is 0 Å². The van der Waals surface area contributed by atoms with Gasteiger partial charge in [-0.3, -0.25) is 0 Å². The highest BCUT2D eigenvalue weighted by Crippen LogP contribution is 2.43. The molecule has 242 valence electrons. The summed E-state index contributed by atoms with van der Waals surface area (Å²) in [5, 5.41) is 4.65. The molecule has 0 atom stereocenters. The minimum Gasteiger partial charge on any atom is -0.398 e. The molecule has 4 aromatic rings. The Hall–Kier alpha value is -1.76. The molecule has 3 aromatic heterocycles. The molecule has 2 N–H and O–H groups in total. The molecule has 0 spiro atoms. The van der Waals surface area contributed by atoms with Gasteiger partial charge in [-0.05, 0) is 65.8 Å². The average molecular weight is 652 g/mol. The van der Waals surface area contributed by atoms with Gasteiger partial charge in [-0.15, -0.1) is 22.7 Å². The van der Waals surface area contributed by atoms with Crippen LogP contribution in [0.15, 0.2) is 29.0 Å². The van der Waals surface area contributed by atoms with E-state index in [1.165, 1.54) is 161 Å². The molecule has 0 amide bonds. The number of nitrogen functional groups attached to an aromatic ring is 1. The average Bonchev–Trinajstić information content (AvgIpc) is 3.81. The van der Waals surface area contributed by atoms with Crippen LogP contribution in [0.5, 0.6) is 0 Å². The number of thiophene rings is 2. The van der Waals surface area contributed by atoms with E-state index in [9.17, 15) is 0 Å². The van der Waals surface area contributed by atoms with Crippen molar-refractivity contribution in [3.63, 3.8) is 0 Å². The summed E-state index contributed by atoms with van der Waals surface area (Å²) in [7, 11) is 0. The first kappa shape index (κ1) is 35.1. The van der Waals surface area contributed by atoms with Gasteiger partial charge in [-0.1, -0.05) is 129 Å². The van der Waals surface area contributed by atoms with E-state index in [4.69, 9.17) is 14.5 Å². The molecule has 0 bridgehead atoms. The Morgan fingerprint density at radius 1 is 0.523 bits per heavy atom. The third kappa shape index (κ3) is 11.2. The normalized spacial score (nSPS) is 11.7. The molecule has 6 heteroatoms. The van der Waals surface area contributed by atoms with E-state index in [0.717, 1.165) is 40.7 Å². The maximum Gasteiger partial charge on any atom is 0.116 e. The van der Waals surface area contributed by atoms with Crippen LogP contribution in [0.25, 0.3) is 31.9 Å². The molecule has 3 nitrogen and oxygen atoms in total. The molecule has 0 saturated heterocycles. The number of aromatic nitrogens is 2. The lowest BCUT2D eigenvalue weighted by atomic mass is 10.0. The number of benzene rings is 1. The van der Waals surface area contributed by atoms with Gasteiger partial charge in [-0.2, -0.15) is 8.75 Å². The van der Waals surface area contributed by atoms with Gasteiger partial charge < -0.3 is 5.73 Å². The van der Waals surface area contributed by atoms with Crippen molar-refractivity contribution < 1.29 is 0 Å². The summed E-state index contributed by atoms with van der Waals surface area (Å²) in [4.78, 5) is 2.48. The summed E-state index contributed by atoms with van der Waals surface area (Å²) >= 11 is 4.93. The number of unbranched alkanes of at least 4 members (excludes halogenated alkanes) is 18. The maximum absolute atomic E-state index is 6.76. The molecule has 44 heavy (non-hydrogen) atoms. The molecule has 0 aliphatic carbocycles. The number of aryl methyl sites for hydroxylation is 2. The van der Waals surface area contributed by atoms with Gasteiger partial charge in [0.1, 0.15) is 11.0 Å². The van der Waals surface area contributed by atoms with Crippen LogP contribution in [-0.4, -0.2) is 8.75 Å². The van der Waals surface area contributed by atoms with Gasteiger partial charge in [0.05, 0.1) is 11.7 Å². The lowest BCUT2D eigenvalue weighted by Gasteiger charge is -2.08. The first-order valence-electron chi connectivity index (χ1n) is 17.9. The van der Waals surface area contributed by atoms with Crippen LogP contribution < -0.4 is 5.73 Å². The molecule has 0 radical (unpaired) electrons. The van der Waals surface area contributed by atoms with E-state index < -0.39 is 0 Å². The van der Waals surface area contributed by atoms with Crippen LogP contribution in [0.1, 0.15) is 153 Å². The fourth-order valence-electron chi connectivity index (χ4n) is 6.33. The summed E-state index contributed by atoms with van der Waals surface area (Å²) < 4.78 is 9.51. The fraction of sp³-hybridized carbons (Fsp3) is 0.632. The second-order valence-corrected chi connectivity index (χ2v) is 15.2. The second kappa shape index (κ2) is 20.4. The second-order valence-electron chi connectivity index (χ2n) is 12.9. The number of nitrogens with two attached hydrogens (primary N) is 1. The van der Waals surface area contributed by atoms with Gasteiger partial charge in [-0.25, -0.2) is 0 Å². The molecule has 0 aliphatic rings. The Balaban J connectivity index is 1.25. The maximum atomic E-state index is 6.76. The zero-order valence-corrected chi connectivity index (χ0v) is 30.1. The van der Waals surface area contributed by atoms with Crippen LogP contribution in [0, 0.1) is 0 Å². The van der Waals surface area contributed by atoms with Crippen molar-refractivity contribution >= 4 is 51.1 Å². The summed E-state index contributed by atoms with van der Waals surface area (Å²) in [5.74, 6) is 0. The largest absolute Gasteiger partial charge is 0.398 e. The van der Waals surface area contributed by atoms with Crippen LogP contribution in [-0.2, 0) is 12.8 Å². The molecule has 4 rings (SSSR count). The van der Waals surface area contributed by atoms with Crippen LogP contribution >= 0.6 is 34.4 Å². The SMILES string of the molecule is CCCCCCCCCCCCc1csc(-c2cc(N)c(-c3cc(CCCCCCCCCCCC)cs3)c3nsnc23)c1. The molecule has 0 fully saturated rings. The van der Waals surface area contributed by atoms with Crippen molar-refractivity contribution in [1.82, 2.24) is 8.75 Å². The van der Waals surface area contributed by atoms with Gasteiger partial charge >= 0.3 is 0 Å². The van der Waals surface area contributed by atoms with Crippen molar-refractivity contribution in [2.75, 3.05) is 5.73 Å². The van der Waals surface area contributed by atoms with Crippen molar-refractivity contribution in [2.24, 2.45) is 0 Å². The first-order chi connectivity index (χ1) is 21.7. The highest BCUT2D eigenvalue weighted by atomic mass is 32.1. The Kier molecular flexibility index (Phi) is 16.3. The Bertz CT molecular complexity index is 1330. The zero-order valence-electron chi connectivity index (χ0n) is 27.6. The molecular weight excluding hydrogens is 595 g/mol. The van der Waals surface area contributed by atoms with Crippen LogP contribution in [0.3, 0.4) is 0 Å². The van der Waals surface area contributed by atoms with E-state index in [1.54, 1.807) is 11.3 Å². The molecule has 0 saturated carbocycles. The molecule has 3 heterocycles. The van der Waals surface area contributed by atoms with E-state index in [-0.39, 0.29) is 0 Å². The van der Waals surface area contributed by atoms with Gasteiger partial charge in [0, 0.05) is 26.6 Å². The van der Waals surface area contributed by atoms with Crippen molar-refractivity contribution in [1.29, 1.82) is 0 Å². The number of anilines is 1. The Labute approximate surface area is 280 Å². The van der Waals surface area contributed by atoms with E-state index in [1.807, 2.05) is 11.3 Å². The molecule has 1 aromatic carbocycles. The third-order valence-corrected chi connectivity index (χ3v) is 11.6. The highest BCUT2D eigenvalue weighted by Gasteiger charge is 2.19. The van der Waals surface area contributed by atoms with Gasteiger partial charge in [0.15, 0.2) is 0 Å². The molecular formula is C38H57N3S3. The fourth-order valence-corrected chi connectivity index (χ4v) is 8.88. The van der Waals surface area contributed by atoms with Crippen molar-refractivity contribution in [3.8, 4) is 20.9 Å².